The number of aromatic nitrogens is 4. The van der Waals surface area contributed by atoms with Gasteiger partial charge in [0.1, 0.15) is 12.1 Å². The number of aryl methyl sites for hydroxylation is 1. The zero-order chi connectivity index (χ0) is 18.4. The molecule has 0 saturated heterocycles. The number of nitrogens with one attached hydrogen (secondary N) is 3. The van der Waals surface area contributed by atoms with Crippen LogP contribution in [0.5, 0.6) is 0 Å². The van der Waals surface area contributed by atoms with Gasteiger partial charge in [0.15, 0.2) is 11.6 Å². The van der Waals surface area contributed by atoms with E-state index < -0.39 is 0 Å². The van der Waals surface area contributed by atoms with E-state index in [4.69, 9.17) is 0 Å². The molecule has 8 heteroatoms. The van der Waals surface area contributed by atoms with Crippen LogP contribution < -0.4 is 16.0 Å². The Morgan fingerprint density at radius 2 is 2.04 bits per heavy atom. The van der Waals surface area contributed by atoms with Crippen molar-refractivity contribution >= 4 is 22.8 Å². The Kier molecular flexibility index (Phi) is 5.90. The van der Waals surface area contributed by atoms with Gasteiger partial charge in [-0.1, -0.05) is 19.8 Å². The van der Waals surface area contributed by atoms with E-state index in [1.54, 1.807) is 17.2 Å². The molecule has 1 aliphatic carbocycles. The monoisotopic (exact) mass is 358 g/mol. The lowest BCUT2D eigenvalue weighted by atomic mass is 9.83. The fourth-order valence-electron chi connectivity index (χ4n) is 3.74. The average Bonchev–Trinajstić information content (AvgIpc) is 3.29. The number of hydrogen-bond acceptors (Lipinski definition) is 5. The van der Waals surface area contributed by atoms with Crippen LogP contribution in [0.1, 0.15) is 39.0 Å². The van der Waals surface area contributed by atoms with E-state index in [1.165, 1.54) is 32.1 Å². The molecule has 3 N–H and O–H groups in total. The number of hydrogen-bond donors (Lipinski definition) is 3. The van der Waals surface area contributed by atoms with Crippen molar-refractivity contribution in [3.63, 3.8) is 0 Å². The lowest BCUT2D eigenvalue weighted by Crippen LogP contribution is -2.44. The Morgan fingerprint density at radius 3 is 2.77 bits per heavy atom. The molecule has 0 bridgehead atoms. The van der Waals surface area contributed by atoms with Crippen LogP contribution in [-0.4, -0.2) is 52.4 Å². The fourth-order valence-corrected chi connectivity index (χ4v) is 3.74. The molecule has 0 aliphatic heterocycles. The summed E-state index contributed by atoms with van der Waals surface area (Å²) in [6, 6.07) is 0. The maximum atomic E-state index is 4.34. The maximum absolute atomic E-state index is 4.34. The molecule has 142 valence electrons. The summed E-state index contributed by atoms with van der Waals surface area (Å²) in [6.07, 6.45) is 9.94. The fraction of sp³-hybridized carbons (Fsp3) is 0.667. The third kappa shape index (κ3) is 4.05. The van der Waals surface area contributed by atoms with E-state index in [1.807, 2.05) is 14.1 Å². The van der Waals surface area contributed by atoms with Crippen molar-refractivity contribution in [3.8, 4) is 0 Å². The SMILES string of the molecule is CCC1(CNC(=NC)NCCNc2ncnc3c2cnn3C)CCCC1. The lowest BCUT2D eigenvalue weighted by Gasteiger charge is -2.28. The molecule has 0 aromatic carbocycles. The molecule has 0 spiro atoms. The first-order valence-corrected chi connectivity index (χ1v) is 9.48. The van der Waals surface area contributed by atoms with E-state index in [2.05, 4.69) is 42.9 Å². The summed E-state index contributed by atoms with van der Waals surface area (Å²) < 4.78 is 1.75. The van der Waals surface area contributed by atoms with Gasteiger partial charge in [0.25, 0.3) is 0 Å². The highest BCUT2D eigenvalue weighted by Crippen LogP contribution is 2.40. The third-order valence-electron chi connectivity index (χ3n) is 5.51. The summed E-state index contributed by atoms with van der Waals surface area (Å²) in [5.74, 6) is 1.67. The van der Waals surface area contributed by atoms with E-state index in [0.29, 0.717) is 5.41 Å². The van der Waals surface area contributed by atoms with E-state index in [-0.39, 0.29) is 0 Å². The highest BCUT2D eigenvalue weighted by Gasteiger charge is 2.31. The van der Waals surface area contributed by atoms with E-state index >= 15 is 0 Å². The molecule has 2 heterocycles. The quantitative estimate of drug-likeness (QED) is 0.398. The van der Waals surface area contributed by atoms with Gasteiger partial charge in [0, 0.05) is 33.7 Å². The van der Waals surface area contributed by atoms with Gasteiger partial charge in [0.2, 0.25) is 0 Å². The van der Waals surface area contributed by atoms with Crippen LogP contribution in [0, 0.1) is 5.41 Å². The first kappa shape index (κ1) is 18.4. The summed E-state index contributed by atoms with van der Waals surface area (Å²) in [4.78, 5) is 12.9. The van der Waals surface area contributed by atoms with Gasteiger partial charge in [-0.25, -0.2) is 9.97 Å². The van der Waals surface area contributed by atoms with Gasteiger partial charge < -0.3 is 16.0 Å². The number of guanidine groups is 1. The average molecular weight is 358 g/mol. The van der Waals surface area contributed by atoms with Crippen LogP contribution >= 0.6 is 0 Å². The van der Waals surface area contributed by atoms with Gasteiger partial charge in [-0.05, 0) is 24.7 Å². The van der Waals surface area contributed by atoms with Gasteiger partial charge >= 0.3 is 0 Å². The molecule has 2 aromatic heterocycles. The molecule has 0 radical (unpaired) electrons. The highest BCUT2D eigenvalue weighted by atomic mass is 15.3. The van der Waals surface area contributed by atoms with Gasteiger partial charge in [-0.2, -0.15) is 5.10 Å². The molecule has 1 fully saturated rings. The van der Waals surface area contributed by atoms with E-state index in [9.17, 15) is 0 Å². The van der Waals surface area contributed by atoms with Crippen molar-refractivity contribution in [2.75, 3.05) is 32.0 Å². The summed E-state index contributed by atoms with van der Waals surface area (Å²) in [6.45, 7) is 4.79. The molecule has 8 nitrogen and oxygen atoms in total. The van der Waals surface area contributed by atoms with Crippen LogP contribution in [-0.2, 0) is 7.05 Å². The highest BCUT2D eigenvalue weighted by molar-refractivity contribution is 5.86. The topological polar surface area (TPSA) is 92.1 Å². The molecule has 3 rings (SSSR count). The molecular weight excluding hydrogens is 328 g/mol. The molecule has 2 aromatic rings. The van der Waals surface area contributed by atoms with Crippen molar-refractivity contribution in [2.24, 2.45) is 17.5 Å². The summed E-state index contributed by atoms with van der Waals surface area (Å²) in [5, 5.41) is 15.4. The summed E-state index contributed by atoms with van der Waals surface area (Å²) >= 11 is 0. The number of nitrogens with zero attached hydrogens (tertiary/aromatic N) is 5. The zero-order valence-electron chi connectivity index (χ0n) is 16.0. The molecule has 26 heavy (non-hydrogen) atoms. The maximum Gasteiger partial charge on any atom is 0.191 e. The Morgan fingerprint density at radius 1 is 1.23 bits per heavy atom. The van der Waals surface area contributed by atoms with Crippen molar-refractivity contribution in [1.29, 1.82) is 0 Å². The molecule has 1 aliphatic rings. The normalized spacial score (nSPS) is 16.8. The number of rotatable bonds is 7. The minimum absolute atomic E-state index is 0.447. The Balaban J connectivity index is 1.46. The zero-order valence-corrected chi connectivity index (χ0v) is 16.0. The lowest BCUT2D eigenvalue weighted by molar-refractivity contribution is 0.283. The van der Waals surface area contributed by atoms with Crippen LogP contribution in [0.3, 0.4) is 0 Å². The minimum atomic E-state index is 0.447. The van der Waals surface area contributed by atoms with Gasteiger partial charge in [-0.15, -0.1) is 0 Å². The number of aliphatic imine (C=N–C) groups is 1. The number of fused-ring (bicyclic) bond motifs is 1. The first-order valence-electron chi connectivity index (χ1n) is 9.48. The predicted molar refractivity (Wildman–Crippen MR) is 105 cm³/mol. The van der Waals surface area contributed by atoms with Crippen molar-refractivity contribution in [2.45, 2.75) is 39.0 Å². The molecular formula is C18H30N8. The molecule has 0 amide bonds. The smallest absolute Gasteiger partial charge is 0.191 e. The van der Waals surface area contributed by atoms with Crippen molar-refractivity contribution < 1.29 is 0 Å². The largest absolute Gasteiger partial charge is 0.368 e. The number of anilines is 1. The van der Waals surface area contributed by atoms with Crippen LogP contribution in [0.4, 0.5) is 5.82 Å². The molecule has 1 saturated carbocycles. The Bertz CT molecular complexity index is 745. The van der Waals surface area contributed by atoms with Crippen molar-refractivity contribution in [3.05, 3.63) is 12.5 Å². The van der Waals surface area contributed by atoms with Crippen molar-refractivity contribution in [1.82, 2.24) is 30.4 Å². The first-order chi connectivity index (χ1) is 12.7. The van der Waals surface area contributed by atoms with Crippen LogP contribution in [0.15, 0.2) is 17.5 Å². The second-order valence-corrected chi connectivity index (χ2v) is 7.07. The second-order valence-electron chi connectivity index (χ2n) is 7.07. The van der Waals surface area contributed by atoms with Gasteiger partial charge in [-0.3, -0.25) is 9.67 Å². The Labute approximate surface area is 154 Å². The summed E-state index contributed by atoms with van der Waals surface area (Å²) in [7, 11) is 3.70. The second kappa shape index (κ2) is 8.33. The third-order valence-corrected chi connectivity index (χ3v) is 5.51. The Hall–Kier alpha value is -2.38. The predicted octanol–water partition coefficient (Wildman–Crippen LogP) is 1.91. The standard InChI is InChI=1S/C18H30N8/c1-4-18(7-5-6-8-18)12-22-17(19-2)21-10-9-20-15-14-11-25-26(3)16(14)24-13-23-15/h11,13H,4-10,12H2,1-3H3,(H2,19,21,22)(H,20,23,24). The van der Waals surface area contributed by atoms with Crippen LogP contribution in [0.2, 0.25) is 0 Å². The summed E-state index contributed by atoms with van der Waals surface area (Å²) in [5.41, 5.74) is 1.28. The molecule has 0 unspecified atom stereocenters. The minimum Gasteiger partial charge on any atom is -0.368 e. The van der Waals surface area contributed by atoms with E-state index in [0.717, 1.165) is 42.4 Å². The van der Waals surface area contributed by atoms with Gasteiger partial charge in [0.05, 0.1) is 11.6 Å². The van der Waals surface area contributed by atoms with Crippen LogP contribution in [0.25, 0.3) is 11.0 Å². The molecule has 0 atom stereocenters.